The summed E-state index contributed by atoms with van der Waals surface area (Å²) in [6.45, 7) is 0. The van der Waals surface area contributed by atoms with Crippen molar-refractivity contribution in [2.24, 2.45) is 0 Å². The second-order valence-corrected chi connectivity index (χ2v) is 6.19. The van der Waals surface area contributed by atoms with Crippen molar-refractivity contribution in [1.29, 1.82) is 0 Å². The molecule has 0 aromatic heterocycles. The van der Waals surface area contributed by atoms with Crippen LogP contribution in [0.4, 0.5) is 0 Å². The SMILES string of the molecule is O=C(Cc1ccc(Cl)cc1)NNC(=O)Cc1ccc2ccccc2c1. The maximum Gasteiger partial charge on any atom is 0.242 e. The van der Waals surface area contributed by atoms with E-state index in [9.17, 15) is 9.59 Å². The Hall–Kier alpha value is -2.85. The third-order valence-corrected chi connectivity index (χ3v) is 4.05. The fourth-order valence-electron chi connectivity index (χ4n) is 2.55. The summed E-state index contributed by atoms with van der Waals surface area (Å²) < 4.78 is 0. The van der Waals surface area contributed by atoms with Crippen LogP contribution in [-0.4, -0.2) is 11.8 Å². The molecule has 0 radical (unpaired) electrons. The average Bonchev–Trinajstić information content (AvgIpc) is 2.62. The van der Waals surface area contributed by atoms with Crippen molar-refractivity contribution < 1.29 is 9.59 Å². The first-order valence-corrected chi connectivity index (χ1v) is 8.28. The molecule has 126 valence electrons. The van der Waals surface area contributed by atoms with Crippen molar-refractivity contribution in [3.63, 3.8) is 0 Å². The van der Waals surface area contributed by atoms with Gasteiger partial charge in [0.1, 0.15) is 0 Å². The smallest absolute Gasteiger partial charge is 0.242 e. The molecule has 0 saturated carbocycles. The highest BCUT2D eigenvalue weighted by molar-refractivity contribution is 6.30. The normalized spacial score (nSPS) is 10.4. The molecule has 0 fully saturated rings. The molecular weight excluding hydrogens is 336 g/mol. The molecule has 0 bridgehead atoms. The molecule has 2 N–H and O–H groups in total. The van der Waals surface area contributed by atoms with Crippen LogP contribution >= 0.6 is 11.6 Å². The minimum absolute atomic E-state index is 0.174. The molecule has 0 saturated heterocycles. The second-order valence-electron chi connectivity index (χ2n) is 5.76. The van der Waals surface area contributed by atoms with E-state index in [0.29, 0.717) is 5.02 Å². The fourth-order valence-corrected chi connectivity index (χ4v) is 2.68. The number of rotatable bonds is 4. The van der Waals surface area contributed by atoms with Crippen LogP contribution in [0.1, 0.15) is 11.1 Å². The highest BCUT2D eigenvalue weighted by Crippen LogP contribution is 2.15. The maximum atomic E-state index is 12.0. The van der Waals surface area contributed by atoms with Gasteiger partial charge >= 0.3 is 0 Å². The lowest BCUT2D eigenvalue weighted by atomic mass is 10.1. The minimum Gasteiger partial charge on any atom is -0.273 e. The third kappa shape index (κ3) is 4.81. The van der Waals surface area contributed by atoms with Crippen molar-refractivity contribution in [1.82, 2.24) is 10.9 Å². The lowest BCUT2D eigenvalue weighted by Crippen LogP contribution is -2.43. The Morgan fingerprint density at radius 1 is 0.720 bits per heavy atom. The summed E-state index contributed by atoms with van der Waals surface area (Å²) in [6, 6.07) is 20.8. The molecule has 0 aliphatic rings. The van der Waals surface area contributed by atoms with Gasteiger partial charge in [-0.05, 0) is 34.0 Å². The van der Waals surface area contributed by atoms with E-state index < -0.39 is 0 Å². The number of hydrazine groups is 1. The van der Waals surface area contributed by atoms with Crippen LogP contribution in [-0.2, 0) is 22.4 Å². The predicted octanol–water partition coefficient (Wildman–Crippen LogP) is 3.43. The topological polar surface area (TPSA) is 58.2 Å². The van der Waals surface area contributed by atoms with Crippen LogP contribution in [0, 0.1) is 0 Å². The Morgan fingerprint density at radius 2 is 1.28 bits per heavy atom. The van der Waals surface area contributed by atoms with Crippen molar-refractivity contribution in [3.05, 3.63) is 82.9 Å². The third-order valence-electron chi connectivity index (χ3n) is 3.80. The minimum atomic E-state index is -0.283. The standard InChI is InChI=1S/C20H17ClN2O2/c21-18-9-6-14(7-10-18)12-19(24)22-23-20(25)13-15-5-8-16-3-1-2-4-17(16)11-15/h1-11H,12-13H2,(H,22,24)(H,23,25). The van der Waals surface area contributed by atoms with Gasteiger partial charge in [0.2, 0.25) is 11.8 Å². The molecule has 0 aliphatic carbocycles. The number of halogens is 1. The van der Waals surface area contributed by atoms with Crippen LogP contribution in [0.3, 0.4) is 0 Å². The molecule has 0 heterocycles. The number of nitrogens with one attached hydrogen (secondary N) is 2. The molecule has 3 aromatic carbocycles. The molecule has 0 aliphatic heterocycles. The zero-order valence-electron chi connectivity index (χ0n) is 13.5. The molecule has 3 rings (SSSR count). The van der Waals surface area contributed by atoms with Gasteiger partial charge in [0.05, 0.1) is 12.8 Å². The number of carbonyl (C=O) groups excluding carboxylic acids is 2. The first-order valence-electron chi connectivity index (χ1n) is 7.90. The second kappa shape index (κ2) is 7.81. The highest BCUT2D eigenvalue weighted by Gasteiger charge is 2.07. The van der Waals surface area contributed by atoms with Gasteiger partial charge in [-0.2, -0.15) is 0 Å². The molecule has 5 heteroatoms. The quantitative estimate of drug-likeness (QED) is 0.707. The lowest BCUT2D eigenvalue weighted by Gasteiger charge is -2.08. The predicted molar refractivity (Wildman–Crippen MR) is 99.1 cm³/mol. The van der Waals surface area contributed by atoms with Crippen LogP contribution in [0.25, 0.3) is 10.8 Å². The highest BCUT2D eigenvalue weighted by atomic mass is 35.5. The van der Waals surface area contributed by atoms with E-state index in [1.807, 2.05) is 42.5 Å². The maximum absolute atomic E-state index is 12.0. The zero-order valence-corrected chi connectivity index (χ0v) is 14.2. The van der Waals surface area contributed by atoms with Gasteiger partial charge in [-0.15, -0.1) is 0 Å². The summed E-state index contributed by atoms with van der Waals surface area (Å²) in [6.07, 6.45) is 0.374. The number of hydrogen-bond acceptors (Lipinski definition) is 2. The Labute approximate surface area is 150 Å². The number of hydrogen-bond donors (Lipinski definition) is 2. The Bertz CT molecular complexity index is 907. The molecule has 3 aromatic rings. The summed E-state index contributed by atoms with van der Waals surface area (Å²) in [5.74, 6) is -0.547. The fraction of sp³-hybridized carbons (Fsp3) is 0.100. The lowest BCUT2D eigenvalue weighted by molar-refractivity contribution is -0.128. The molecule has 0 spiro atoms. The summed E-state index contributed by atoms with van der Waals surface area (Å²) in [5, 5.41) is 2.83. The van der Waals surface area contributed by atoms with E-state index in [4.69, 9.17) is 11.6 Å². The summed E-state index contributed by atoms with van der Waals surface area (Å²) >= 11 is 5.81. The van der Waals surface area contributed by atoms with Gasteiger partial charge in [-0.1, -0.05) is 66.2 Å². The van der Waals surface area contributed by atoms with Crippen molar-refractivity contribution in [2.75, 3.05) is 0 Å². The van der Waals surface area contributed by atoms with Gasteiger partial charge in [0.15, 0.2) is 0 Å². The van der Waals surface area contributed by atoms with E-state index in [1.165, 1.54) is 0 Å². The Kier molecular flexibility index (Phi) is 5.31. The van der Waals surface area contributed by atoms with E-state index >= 15 is 0 Å². The monoisotopic (exact) mass is 352 g/mol. The number of amides is 2. The molecule has 0 unspecified atom stereocenters. The van der Waals surface area contributed by atoms with E-state index in [2.05, 4.69) is 10.9 Å². The summed E-state index contributed by atoms with van der Waals surface area (Å²) in [4.78, 5) is 23.9. The summed E-state index contributed by atoms with van der Waals surface area (Å²) in [5.41, 5.74) is 6.59. The first kappa shape index (κ1) is 17.0. The van der Waals surface area contributed by atoms with Gasteiger partial charge in [0.25, 0.3) is 0 Å². The van der Waals surface area contributed by atoms with Crippen LogP contribution in [0.15, 0.2) is 66.7 Å². The van der Waals surface area contributed by atoms with E-state index in [0.717, 1.165) is 21.9 Å². The van der Waals surface area contributed by atoms with Gasteiger partial charge in [0, 0.05) is 5.02 Å². The van der Waals surface area contributed by atoms with Gasteiger partial charge in [-0.25, -0.2) is 0 Å². The average molecular weight is 353 g/mol. The number of carbonyl (C=O) groups is 2. The van der Waals surface area contributed by atoms with Crippen LogP contribution in [0.2, 0.25) is 5.02 Å². The largest absolute Gasteiger partial charge is 0.273 e. The van der Waals surface area contributed by atoms with Crippen molar-refractivity contribution in [2.45, 2.75) is 12.8 Å². The molecule has 25 heavy (non-hydrogen) atoms. The molecular formula is C20H17ClN2O2. The molecule has 4 nitrogen and oxygen atoms in total. The van der Waals surface area contributed by atoms with Crippen LogP contribution < -0.4 is 10.9 Å². The van der Waals surface area contributed by atoms with Gasteiger partial charge in [-0.3, -0.25) is 20.4 Å². The molecule has 2 amide bonds. The first-order chi connectivity index (χ1) is 12.1. The number of benzene rings is 3. The Morgan fingerprint density at radius 3 is 1.96 bits per heavy atom. The van der Waals surface area contributed by atoms with Crippen molar-refractivity contribution in [3.8, 4) is 0 Å². The van der Waals surface area contributed by atoms with E-state index in [-0.39, 0.29) is 24.7 Å². The van der Waals surface area contributed by atoms with Crippen molar-refractivity contribution >= 4 is 34.2 Å². The van der Waals surface area contributed by atoms with Gasteiger partial charge < -0.3 is 0 Å². The van der Waals surface area contributed by atoms with Crippen LogP contribution in [0.5, 0.6) is 0 Å². The Balaban J connectivity index is 1.51. The molecule has 0 atom stereocenters. The summed E-state index contributed by atoms with van der Waals surface area (Å²) in [7, 11) is 0. The number of fused-ring (bicyclic) bond motifs is 1. The zero-order chi connectivity index (χ0) is 17.6. The van der Waals surface area contributed by atoms with E-state index in [1.54, 1.807) is 24.3 Å².